The van der Waals surface area contributed by atoms with Gasteiger partial charge in [-0.2, -0.15) is 18.3 Å². The highest BCUT2D eigenvalue weighted by Gasteiger charge is 2.27. The van der Waals surface area contributed by atoms with Crippen LogP contribution in [-0.2, 0) is 11.3 Å². The maximum atomic E-state index is 12.2. The van der Waals surface area contributed by atoms with Gasteiger partial charge in [-0.05, 0) is 23.1 Å². The van der Waals surface area contributed by atoms with E-state index in [2.05, 4.69) is 5.10 Å². The van der Waals surface area contributed by atoms with E-state index in [0.29, 0.717) is 17.8 Å². The Labute approximate surface area is 158 Å². The molecule has 0 radical (unpaired) electrons. The van der Waals surface area contributed by atoms with E-state index in [1.54, 1.807) is 10.9 Å². The molecule has 1 amide bonds. The van der Waals surface area contributed by atoms with Gasteiger partial charge in [-0.15, -0.1) is 11.3 Å². The number of hydrogen-bond acceptors (Lipinski definition) is 3. The van der Waals surface area contributed by atoms with Crippen LogP contribution in [0.25, 0.3) is 16.6 Å². The van der Waals surface area contributed by atoms with Gasteiger partial charge >= 0.3 is 6.18 Å². The van der Waals surface area contributed by atoms with Gasteiger partial charge in [0.2, 0.25) is 5.91 Å². The van der Waals surface area contributed by atoms with Crippen LogP contribution in [0.15, 0.2) is 60.1 Å². The average molecular weight is 391 g/mol. The first-order valence-corrected chi connectivity index (χ1v) is 8.96. The largest absolute Gasteiger partial charge is 0.405 e. The molecule has 0 saturated heterocycles. The summed E-state index contributed by atoms with van der Waals surface area (Å²) in [7, 11) is 0. The molecule has 0 aliphatic heterocycles. The second-order valence-electron chi connectivity index (χ2n) is 5.76. The lowest BCUT2D eigenvalue weighted by Crippen LogP contribution is -2.32. The van der Waals surface area contributed by atoms with Crippen molar-refractivity contribution in [3.8, 4) is 10.6 Å². The standard InChI is InChI=1S/C19H16F3N3OS/c20-19(21,22)13-23-17(26)9-8-15-12-25(11-14-5-2-1-3-6-14)24-18(15)16-7-4-10-27-16/h1-10,12H,11,13H2,(H,23,26)/b9-8+. The molecule has 0 spiro atoms. The van der Waals surface area contributed by atoms with Gasteiger partial charge in [-0.25, -0.2) is 0 Å². The topological polar surface area (TPSA) is 46.9 Å². The van der Waals surface area contributed by atoms with Crippen LogP contribution in [0.1, 0.15) is 11.1 Å². The Hall–Kier alpha value is -2.87. The quantitative estimate of drug-likeness (QED) is 0.635. The third-order valence-corrected chi connectivity index (χ3v) is 4.49. The van der Waals surface area contributed by atoms with Gasteiger partial charge in [0.05, 0.1) is 11.4 Å². The van der Waals surface area contributed by atoms with Crippen LogP contribution < -0.4 is 5.32 Å². The Balaban J connectivity index is 1.80. The highest BCUT2D eigenvalue weighted by molar-refractivity contribution is 7.13. The van der Waals surface area contributed by atoms with E-state index < -0.39 is 18.6 Å². The second-order valence-corrected chi connectivity index (χ2v) is 6.71. The SMILES string of the molecule is O=C(/C=C/c1cn(Cc2ccccc2)nc1-c1cccs1)NCC(F)(F)F. The molecule has 3 rings (SSSR count). The van der Waals surface area contributed by atoms with E-state index in [0.717, 1.165) is 16.5 Å². The van der Waals surface area contributed by atoms with Crippen molar-refractivity contribution in [3.63, 3.8) is 0 Å². The van der Waals surface area contributed by atoms with Crippen LogP contribution in [0.5, 0.6) is 0 Å². The van der Waals surface area contributed by atoms with Crippen molar-refractivity contribution >= 4 is 23.3 Å². The van der Waals surface area contributed by atoms with Gasteiger partial charge in [-0.3, -0.25) is 9.48 Å². The van der Waals surface area contributed by atoms with Crippen LogP contribution >= 0.6 is 11.3 Å². The van der Waals surface area contributed by atoms with Crippen LogP contribution in [-0.4, -0.2) is 28.4 Å². The summed E-state index contributed by atoms with van der Waals surface area (Å²) in [5.74, 6) is -0.805. The van der Waals surface area contributed by atoms with Crippen molar-refractivity contribution in [2.24, 2.45) is 0 Å². The summed E-state index contributed by atoms with van der Waals surface area (Å²) in [5, 5.41) is 8.31. The number of nitrogens with one attached hydrogen (secondary N) is 1. The van der Waals surface area contributed by atoms with Gasteiger partial charge in [0.25, 0.3) is 0 Å². The number of alkyl halides is 3. The van der Waals surface area contributed by atoms with E-state index in [9.17, 15) is 18.0 Å². The molecule has 1 aromatic carbocycles. The van der Waals surface area contributed by atoms with Gasteiger partial charge in [0.15, 0.2) is 0 Å². The lowest BCUT2D eigenvalue weighted by atomic mass is 10.2. The van der Waals surface area contributed by atoms with Gasteiger partial charge in [0, 0.05) is 17.8 Å². The van der Waals surface area contributed by atoms with E-state index in [1.807, 2.05) is 53.2 Å². The molecule has 2 aromatic heterocycles. The van der Waals surface area contributed by atoms with Crippen molar-refractivity contribution in [1.29, 1.82) is 0 Å². The Morgan fingerprint density at radius 2 is 1.96 bits per heavy atom. The van der Waals surface area contributed by atoms with Gasteiger partial charge in [0.1, 0.15) is 12.2 Å². The summed E-state index contributed by atoms with van der Waals surface area (Å²) >= 11 is 1.50. The molecule has 0 fully saturated rings. The first kappa shape index (κ1) is 18.9. The fourth-order valence-electron chi connectivity index (χ4n) is 2.43. The third-order valence-electron chi connectivity index (χ3n) is 3.61. The molecule has 0 aliphatic rings. The fraction of sp³-hybridized carbons (Fsp3) is 0.158. The average Bonchev–Trinajstić information content (AvgIpc) is 3.28. The van der Waals surface area contributed by atoms with Crippen LogP contribution in [0.2, 0.25) is 0 Å². The minimum atomic E-state index is -4.44. The van der Waals surface area contributed by atoms with Crippen molar-refractivity contribution < 1.29 is 18.0 Å². The van der Waals surface area contributed by atoms with Crippen LogP contribution in [0.4, 0.5) is 13.2 Å². The maximum absolute atomic E-state index is 12.2. The zero-order chi connectivity index (χ0) is 19.3. The fourth-order valence-corrected chi connectivity index (χ4v) is 3.16. The van der Waals surface area contributed by atoms with E-state index in [1.165, 1.54) is 17.4 Å². The number of carbonyl (C=O) groups excluding carboxylic acids is 1. The first-order chi connectivity index (χ1) is 12.9. The number of rotatable bonds is 6. The Kier molecular flexibility index (Phi) is 5.75. The molecule has 8 heteroatoms. The molecule has 2 heterocycles. The molecular formula is C19H16F3N3OS. The van der Waals surface area contributed by atoms with E-state index >= 15 is 0 Å². The number of nitrogens with zero attached hydrogens (tertiary/aromatic N) is 2. The number of halogens is 3. The summed E-state index contributed by atoms with van der Waals surface area (Å²) in [6.45, 7) is -0.811. The number of amides is 1. The summed E-state index contributed by atoms with van der Waals surface area (Å²) in [5.41, 5.74) is 2.41. The molecule has 3 aromatic rings. The molecule has 0 aliphatic carbocycles. The highest BCUT2D eigenvalue weighted by Crippen LogP contribution is 2.27. The second kappa shape index (κ2) is 8.22. The zero-order valence-corrected chi connectivity index (χ0v) is 14.9. The molecule has 4 nitrogen and oxygen atoms in total. The minimum absolute atomic E-state index is 0.549. The maximum Gasteiger partial charge on any atom is 0.405 e. The number of benzene rings is 1. The van der Waals surface area contributed by atoms with Gasteiger partial charge < -0.3 is 5.32 Å². The summed E-state index contributed by atoms with van der Waals surface area (Å²) in [6.07, 6.45) is -0.0935. The molecule has 0 saturated carbocycles. The minimum Gasteiger partial charge on any atom is -0.343 e. The Bertz CT molecular complexity index is 916. The number of hydrogen-bond donors (Lipinski definition) is 1. The third kappa shape index (κ3) is 5.55. The zero-order valence-electron chi connectivity index (χ0n) is 14.1. The molecule has 140 valence electrons. The lowest BCUT2D eigenvalue weighted by molar-refractivity contribution is -0.135. The first-order valence-electron chi connectivity index (χ1n) is 8.08. The summed E-state index contributed by atoms with van der Waals surface area (Å²) < 4.78 is 38.3. The Morgan fingerprint density at radius 3 is 2.63 bits per heavy atom. The van der Waals surface area contributed by atoms with Crippen molar-refractivity contribution in [3.05, 3.63) is 71.2 Å². The lowest BCUT2D eigenvalue weighted by Gasteiger charge is -2.05. The highest BCUT2D eigenvalue weighted by atomic mass is 32.1. The van der Waals surface area contributed by atoms with Crippen molar-refractivity contribution in [2.75, 3.05) is 6.54 Å². The van der Waals surface area contributed by atoms with Crippen molar-refractivity contribution in [1.82, 2.24) is 15.1 Å². The molecule has 0 bridgehead atoms. The van der Waals surface area contributed by atoms with Crippen molar-refractivity contribution in [2.45, 2.75) is 12.7 Å². The number of thiophene rings is 1. The predicted octanol–water partition coefficient (Wildman–Crippen LogP) is 4.35. The predicted molar refractivity (Wildman–Crippen MR) is 99.2 cm³/mol. The molecule has 0 atom stereocenters. The number of carbonyl (C=O) groups is 1. The van der Waals surface area contributed by atoms with Crippen LogP contribution in [0, 0.1) is 0 Å². The molecular weight excluding hydrogens is 375 g/mol. The number of aromatic nitrogens is 2. The Morgan fingerprint density at radius 1 is 1.19 bits per heavy atom. The van der Waals surface area contributed by atoms with E-state index in [4.69, 9.17) is 0 Å². The summed E-state index contributed by atoms with van der Waals surface area (Å²) in [6, 6.07) is 13.5. The summed E-state index contributed by atoms with van der Waals surface area (Å²) in [4.78, 5) is 12.6. The van der Waals surface area contributed by atoms with Gasteiger partial charge in [-0.1, -0.05) is 36.4 Å². The molecule has 27 heavy (non-hydrogen) atoms. The normalized spacial score (nSPS) is 11.8. The molecule has 1 N–H and O–H groups in total. The van der Waals surface area contributed by atoms with E-state index in [-0.39, 0.29) is 0 Å². The molecule has 0 unspecified atom stereocenters. The monoisotopic (exact) mass is 391 g/mol. The smallest absolute Gasteiger partial charge is 0.343 e. The van der Waals surface area contributed by atoms with Crippen LogP contribution in [0.3, 0.4) is 0 Å².